The topological polar surface area (TPSA) is 71.4 Å². The van der Waals surface area contributed by atoms with Crippen LogP contribution in [0.25, 0.3) is 27.8 Å². The molecule has 0 bridgehead atoms. The zero-order valence-electron chi connectivity index (χ0n) is 14.1. The summed E-state index contributed by atoms with van der Waals surface area (Å²) in [7, 11) is 0. The third kappa shape index (κ3) is 2.39. The van der Waals surface area contributed by atoms with Gasteiger partial charge in [0.05, 0.1) is 34.3 Å². The van der Waals surface area contributed by atoms with Crippen molar-refractivity contribution in [3.05, 3.63) is 72.6 Å². The minimum Gasteiger partial charge on any atom is -0.324 e. The van der Waals surface area contributed by atoms with Gasteiger partial charge in [-0.3, -0.25) is 0 Å². The third-order valence-corrected chi connectivity index (χ3v) is 4.36. The molecule has 126 valence electrons. The number of imidazole rings is 1. The van der Waals surface area contributed by atoms with E-state index in [1.165, 1.54) is 0 Å². The van der Waals surface area contributed by atoms with Gasteiger partial charge in [-0.15, -0.1) is 0 Å². The van der Waals surface area contributed by atoms with Crippen LogP contribution in [0, 0.1) is 6.92 Å². The fourth-order valence-electron chi connectivity index (χ4n) is 3.11. The number of nitrogens with zero attached hydrogens (tertiary/aromatic N) is 4. The number of hydrogen-bond donors (Lipinski definition) is 2. The van der Waals surface area contributed by atoms with Crippen molar-refractivity contribution in [2.45, 2.75) is 6.92 Å². The van der Waals surface area contributed by atoms with Crippen LogP contribution < -0.4 is 5.32 Å². The van der Waals surface area contributed by atoms with Gasteiger partial charge in [-0.2, -0.15) is 5.10 Å². The predicted molar refractivity (Wildman–Crippen MR) is 103 cm³/mol. The molecule has 0 fully saturated rings. The van der Waals surface area contributed by atoms with Crippen LogP contribution in [0.3, 0.4) is 0 Å². The number of pyridine rings is 1. The van der Waals surface area contributed by atoms with Crippen molar-refractivity contribution in [2.24, 2.45) is 0 Å². The lowest BCUT2D eigenvalue weighted by Gasteiger charge is -2.04. The van der Waals surface area contributed by atoms with Gasteiger partial charge in [0.25, 0.3) is 0 Å². The minimum absolute atomic E-state index is 0.695. The van der Waals surface area contributed by atoms with Crippen molar-refractivity contribution < 1.29 is 0 Å². The second-order valence-electron chi connectivity index (χ2n) is 6.16. The van der Waals surface area contributed by atoms with Crippen LogP contribution in [0.15, 0.2) is 66.9 Å². The summed E-state index contributed by atoms with van der Waals surface area (Å²) >= 11 is 0. The lowest BCUT2D eigenvalue weighted by molar-refractivity contribution is 0.878. The van der Waals surface area contributed by atoms with E-state index in [0.717, 1.165) is 39.1 Å². The Hall–Kier alpha value is -3.67. The number of anilines is 2. The first-order valence-electron chi connectivity index (χ1n) is 8.40. The molecule has 0 spiro atoms. The molecule has 6 nitrogen and oxygen atoms in total. The van der Waals surface area contributed by atoms with Gasteiger partial charge in [0.15, 0.2) is 5.65 Å². The smallest absolute Gasteiger partial charge is 0.205 e. The first kappa shape index (κ1) is 14.7. The summed E-state index contributed by atoms with van der Waals surface area (Å²) in [6.45, 7) is 1.99. The van der Waals surface area contributed by atoms with Crippen LogP contribution in [0.2, 0.25) is 0 Å². The molecule has 6 heteroatoms. The number of para-hydroxylation sites is 3. The summed E-state index contributed by atoms with van der Waals surface area (Å²) in [5.74, 6) is 0.695. The highest BCUT2D eigenvalue weighted by Gasteiger charge is 2.11. The van der Waals surface area contributed by atoms with E-state index in [1.807, 2.05) is 66.2 Å². The fraction of sp³-hybridized carbons (Fsp3) is 0.0500. The average molecular weight is 340 g/mol. The zero-order chi connectivity index (χ0) is 17.5. The summed E-state index contributed by atoms with van der Waals surface area (Å²) in [4.78, 5) is 12.4. The molecule has 5 rings (SSSR count). The Morgan fingerprint density at radius 2 is 1.81 bits per heavy atom. The van der Waals surface area contributed by atoms with E-state index in [4.69, 9.17) is 0 Å². The monoisotopic (exact) mass is 340 g/mol. The fourth-order valence-corrected chi connectivity index (χ4v) is 3.11. The number of hydrogen-bond acceptors (Lipinski definition) is 4. The summed E-state index contributed by atoms with van der Waals surface area (Å²) in [6.07, 6.45) is 1.80. The maximum Gasteiger partial charge on any atom is 0.205 e. The largest absolute Gasteiger partial charge is 0.324 e. The first-order valence-corrected chi connectivity index (χ1v) is 8.40. The second kappa shape index (κ2) is 5.70. The van der Waals surface area contributed by atoms with E-state index >= 15 is 0 Å². The number of fused-ring (bicyclic) bond motifs is 2. The molecule has 0 saturated heterocycles. The molecule has 5 aromatic rings. The molecule has 3 heterocycles. The maximum absolute atomic E-state index is 4.65. The zero-order valence-corrected chi connectivity index (χ0v) is 14.1. The van der Waals surface area contributed by atoms with Crippen LogP contribution in [-0.2, 0) is 0 Å². The predicted octanol–water partition coefficient (Wildman–Crippen LogP) is 4.35. The van der Waals surface area contributed by atoms with Crippen molar-refractivity contribution in [3.63, 3.8) is 0 Å². The van der Waals surface area contributed by atoms with Crippen LogP contribution in [0.4, 0.5) is 11.6 Å². The van der Waals surface area contributed by atoms with Crippen molar-refractivity contribution >= 4 is 33.7 Å². The molecule has 0 amide bonds. The number of aromatic amines is 1. The van der Waals surface area contributed by atoms with E-state index < -0.39 is 0 Å². The van der Waals surface area contributed by atoms with E-state index in [9.17, 15) is 0 Å². The Balaban J connectivity index is 1.55. The van der Waals surface area contributed by atoms with Crippen molar-refractivity contribution in [1.29, 1.82) is 0 Å². The van der Waals surface area contributed by atoms with Crippen molar-refractivity contribution in [1.82, 2.24) is 24.7 Å². The Bertz CT molecular complexity index is 1190. The highest BCUT2D eigenvalue weighted by molar-refractivity contribution is 5.84. The normalized spacial score (nSPS) is 11.3. The Morgan fingerprint density at radius 3 is 2.65 bits per heavy atom. The molecule has 3 aromatic heterocycles. The number of rotatable bonds is 3. The number of benzene rings is 2. The number of aryl methyl sites for hydroxylation is 1. The third-order valence-electron chi connectivity index (χ3n) is 4.36. The molecular weight excluding hydrogens is 324 g/mol. The van der Waals surface area contributed by atoms with E-state index in [-0.39, 0.29) is 0 Å². The molecule has 2 N–H and O–H groups in total. The molecule has 0 aliphatic rings. The maximum atomic E-state index is 4.65. The van der Waals surface area contributed by atoms with E-state index in [2.05, 4.69) is 31.4 Å². The number of aromatic nitrogens is 5. The van der Waals surface area contributed by atoms with Gasteiger partial charge in [-0.05, 0) is 37.3 Å². The van der Waals surface area contributed by atoms with Gasteiger partial charge in [0.2, 0.25) is 5.95 Å². The summed E-state index contributed by atoms with van der Waals surface area (Å²) in [6, 6.07) is 20.0. The average Bonchev–Trinajstić information content (AvgIpc) is 3.23. The first-order chi connectivity index (χ1) is 12.8. The van der Waals surface area contributed by atoms with Gasteiger partial charge >= 0.3 is 0 Å². The SMILES string of the molecule is Cc1nn(-c2ccccc2)c2ncc(Nc3nc4ccccc4[nH]3)cc12. The second-order valence-corrected chi connectivity index (χ2v) is 6.16. The number of nitrogens with one attached hydrogen (secondary N) is 2. The highest BCUT2D eigenvalue weighted by atomic mass is 15.3. The molecule has 0 atom stereocenters. The quantitative estimate of drug-likeness (QED) is 0.512. The molecule has 0 aliphatic carbocycles. The van der Waals surface area contributed by atoms with Gasteiger partial charge < -0.3 is 10.3 Å². The molecule has 0 aliphatic heterocycles. The van der Waals surface area contributed by atoms with E-state index in [0.29, 0.717) is 5.95 Å². The highest BCUT2D eigenvalue weighted by Crippen LogP contribution is 2.24. The van der Waals surface area contributed by atoms with Crippen LogP contribution >= 0.6 is 0 Å². The van der Waals surface area contributed by atoms with Crippen LogP contribution in [0.5, 0.6) is 0 Å². The lowest BCUT2D eigenvalue weighted by Crippen LogP contribution is -1.98. The summed E-state index contributed by atoms with van der Waals surface area (Å²) < 4.78 is 1.87. The van der Waals surface area contributed by atoms with Gasteiger partial charge in [0, 0.05) is 5.39 Å². The Morgan fingerprint density at radius 1 is 1.00 bits per heavy atom. The van der Waals surface area contributed by atoms with Crippen molar-refractivity contribution in [2.75, 3.05) is 5.32 Å². The Kier molecular flexibility index (Phi) is 3.21. The molecule has 0 saturated carbocycles. The lowest BCUT2D eigenvalue weighted by atomic mass is 10.2. The van der Waals surface area contributed by atoms with Gasteiger partial charge in [-0.1, -0.05) is 30.3 Å². The van der Waals surface area contributed by atoms with E-state index in [1.54, 1.807) is 6.20 Å². The molecule has 26 heavy (non-hydrogen) atoms. The standard InChI is InChI=1S/C20H16N6/c1-13-16-11-14(22-20-23-17-9-5-6-10-18(17)24-20)12-21-19(16)26(25-13)15-7-3-2-4-8-15/h2-12H,1H3,(H2,22,23,24). The van der Waals surface area contributed by atoms with Crippen LogP contribution in [-0.4, -0.2) is 24.7 Å². The molecular formula is C20H16N6. The van der Waals surface area contributed by atoms with Crippen molar-refractivity contribution in [3.8, 4) is 5.69 Å². The molecule has 2 aromatic carbocycles. The van der Waals surface area contributed by atoms with Gasteiger partial charge in [-0.25, -0.2) is 14.6 Å². The number of H-pyrrole nitrogens is 1. The molecule has 0 unspecified atom stereocenters. The van der Waals surface area contributed by atoms with Gasteiger partial charge in [0.1, 0.15) is 0 Å². The summed E-state index contributed by atoms with van der Waals surface area (Å²) in [5.41, 5.74) is 5.56. The minimum atomic E-state index is 0.695. The Labute approximate surface area is 149 Å². The summed E-state index contributed by atoms with van der Waals surface area (Å²) in [5, 5.41) is 8.95. The van der Waals surface area contributed by atoms with Crippen LogP contribution in [0.1, 0.15) is 5.69 Å². The molecule has 0 radical (unpaired) electrons.